The van der Waals surface area contributed by atoms with Gasteiger partial charge in [0.25, 0.3) is 0 Å². The Labute approximate surface area is 89.5 Å². The molecule has 15 heavy (non-hydrogen) atoms. The first-order valence-corrected chi connectivity index (χ1v) is 6.51. The van der Waals surface area contributed by atoms with Crippen LogP contribution in [0, 0.1) is 0 Å². The van der Waals surface area contributed by atoms with Gasteiger partial charge in [-0.3, -0.25) is 0 Å². The molecule has 3 nitrogen and oxygen atoms in total. The Balaban J connectivity index is 2.46. The molecule has 0 atom stereocenters. The van der Waals surface area contributed by atoms with E-state index < -0.39 is 9.84 Å². The molecule has 0 aliphatic carbocycles. The van der Waals surface area contributed by atoms with Gasteiger partial charge in [0.05, 0.1) is 10.6 Å². The molecule has 2 rings (SSSR count). The van der Waals surface area contributed by atoms with Gasteiger partial charge < -0.3 is 5.73 Å². The molecule has 4 heteroatoms. The number of sulfone groups is 1. The van der Waals surface area contributed by atoms with Gasteiger partial charge in [-0.15, -0.1) is 0 Å². The van der Waals surface area contributed by atoms with E-state index in [-0.39, 0.29) is 5.75 Å². The Morgan fingerprint density at radius 2 is 2.20 bits per heavy atom. The summed E-state index contributed by atoms with van der Waals surface area (Å²) in [6.45, 7) is 0.462. The third kappa shape index (κ3) is 1.96. The Morgan fingerprint density at radius 1 is 1.40 bits per heavy atom. The Morgan fingerprint density at radius 3 is 2.93 bits per heavy atom. The van der Waals surface area contributed by atoms with Crippen LogP contribution in [0.5, 0.6) is 0 Å². The van der Waals surface area contributed by atoms with Gasteiger partial charge >= 0.3 is 0 Å². The summed E-state index contributed by atoms with van der Waals surface area (Å²) in [6, 6.07) is 5.53. The number of hydrogen-bond acceptors (Lipinski definition) is 3. The summed E-state index contributed by atoms with van der Waals surface area (Å²) in [5.74, 6) is 0.242. The summed E-state index contributed by atoms with van der Waals surface area (Å²) in [4.78, 5) is 0.488. The predicted molar refractivity (Wildman–Crippen MR) is 60.3 cm³/mol. The second-order valence-corrected chi connectivity index (χ2v) is 5.65. The maximum Gasteiger partial charge on any atom is 0.178 e. The maximum atomic E-state index is 11.6. The minimum Gasteiger partial charge on any atom is -0.327 e. The van der Waals surface area contributed by atoms with Crippen molar-refractivity contribution in [1.29, 1.82) is 0 Å². The van der Waals surface area contributed by atoms with Crippen molar-refractivity contribution in [1.82, 2.24) is 0 Å². The highest BCUT2D eigenvalue weighted by Gasteiger charge is 2.25. The van der Waals surface area contributed by atoms with Crippen molar-refractivity contribution in [2.75, 3.05) is 12.3 Å². The molecule has 2 N–H and O–H groups in total. The second-order valence-electron chi connectivity index (χ2n) is 3.57. The van der Waals surface area contributed by atoms with Crippen molar-refractivity contribution in [3.63, 3.8) is 0 Å². The molecule has 1 aliphatic rings. The summed E-state index contributed by atoms with van der Waals surface area (Å²) in [6.07, 6.45) is 4.29. The van der Waals surface area contributed by atoms with E-state index in [0.29, 0.717) is 17.9 Å². The second kappa shape index (κ2) is 3.79. The highest BCUT2D eigenvalue weighted by molar-refractivity contribution is 7.91. The summed E-state index contributed by atoms with van der Waals surface area (Å²) in [7, 11) is -3.02. The largest absolute Gasteiger partial charge is 0.327 e. The molecule has 1 aromatic carbocycles. The zero-order valence-electron chi connectivity index (χ0n) is 8.31. The molecular formula is C11H13NO2S. The minimum absolute atomic E-state index is 0.242. The van der Waals surface area contributed by atoms with Crippen LogP contribution in [-0.4, -0.2) is 20.7 Å². The number of fused-ring (bicyclic) bond motifs is 1. The predicted octanol–water partition coefficient (Wildman–Crippen LogP) is 0.988. The number of rotatable bonds is 2. The zero-order chi connectivity index (χ0) is 10.9. The highest BCUT2D eigenvalue weighted by atomic mass is 32.2. The van der Waals surface area contributed by atoms with E-state index in [0.717, 1.165) is 11.1 Å². The first-order valence-electron chi connectivity index (χ1n) is 4.86. The van der Waals surface area contributed by atoms with Gasteiger partial charge in [0.15, 0.2) is 9.84 Å². The van der Waals surface area contributed by atoms with Gasteiger partial charge in [0.1, 0.15) is 0 Å². The summed E-state index contributed by atoms with van der Waals surface area (Å²) in [5, 5.41) is 0. The van der Waals surface area contributed by atoms with Crippen molar-refractivity contribution in [3.05, 3.63) is 35.4 Å². The molecular weight excluding hydrogens is 210 g/mol. The Bertz CT molecular complexity index is 503. The Hall–Kier alpha value is -1.13. The zero-order valence-corrected chi connectivity index (χ0v) is 9.13. The number of nitrogens with two attached hydrogens (primary N) is 1. The van der Waals surface area contributed by atoms with Crippen LogP contribution in [-0.2, 0) is 16.3 Å². The molecule has 0 aromatic heterocycles. The van der Waals surface area contributed by atoms with E-state index in [1.54, 1.807) is 6.07 Å². The molecule has 0 saturated carbocycles. The van der Waals surface area contributed by atoms with Crippen LogP contribution in [0.2, 0.25) is 0 Å². The van der Waals surface area contributed by atoms with Gasteiger partial charge in [-0.2, -0.15) is 0 Å². The summed E-state index contributed by atoms with van der Waals surface area (Å²) < 4.78 is 23.3. The fraction of sp³-hybridized carbons (Fsp3) is 0.273. The molecule has 1 aliphatic heterocycles. The molecule has 0 spiro atoms. The number of hydrogen-bond donors (Lipinski definition) is 1. The third-order valence-corrected chi connectivity index (χ3v) is 4.30. The fourth-order valence-electron chi connectivity index (χ4n) is 1.73. The lowest BCUT2D eigenvalue weighted by Gasteiger charge is -1.99. The smallest absolute Gasteiger partial charge is 0.178 e. The van der Waals surface area contributed by atoms with E-state index in [2.05, 4.69) is 0 Å². The van der Waals surface area contributed by atoms with Crippen molar-refractivity contribution in [3.8, 4) is 0 Å². The third-order valence-electron chi connectivity index (χ3n) is 2.51. The molecule has 0 bridgehead atoms. The van der Waals surface area contributed by atoms with Crippen molar-refractivity contribution >= 4 is 15.9 Å². The van der Waals surface area contributed by atoms with Crippen LogP contribution in [0.4, 0.5) is 0 Å². The summed E-state index contributed by atoms with van der Waals surface area (Å²) >= 11 is 0. The van der Waals surface area contributed by atoms with Crippen molar-refractivity contribution in [2.45, 2.75) is 11.3 Å². The minimum atomic E-state index is -3.02. The quantitative estimate of drug-likeness (QED) is 0.813. The lowest BCUT2D eigenvalue weighted by atomic mass is 10.1. The molecule has 1 aromatic rings. The average molecular weight is 223 g/mol. The summed E-state index contributed by atoms with van der Waals surface area (Å²) in [5.41, 5.74) is 7.16. The van der Waals surface area contributed by atoms with E-state index in [1.807, 2.05) is 24.3 Å². The van der Waals surface area contributed by atoms with Crippen LogP contribution >= 0.6 is 0 Å². The number of aryl methyl sites for hydroxylation is 1. The van der Waals surface area contributed by atoms with Crippen molar-refractivity contribution in [2.24, 2.45) is 5.73 Å². The monoisotopic (exact) mass is 223 g/mol. The SMILES string of the molecule is NC/C=C/c1ccc2c(c1)S(=O)(=O)CC2. The lowest BCUT2D eigenvalue weighted by Crippen LogP contribution is -1.98. The Kier molecular flexibility index (Phi) is 2.63. The molecule has 1 heterocycles. The normalized spacial score (nSPS) is 18.2. The average Bonchev–Trinajstić information content (AvgIpc) is 2.52. The van der Waals surface area contributed by atoms with Crippen molar-refractivity contribution < 1.29 is 8.42 Å². The molecule has 0 amide bonds. The van der Waals surface area contributed by atoms with E-state index in [9.17, 15) is 8.42 Å². The van der Waals surface area contributed by atoms with E-state index >= 15 is 0 Å². The highest BCUT2D eigenvalue weighted by Crippen LogP contribution is 2.26. The van der Waals surface area contributed by atoms with Gasteiger partial charge in [-0.25, -0.2) is 8.42 Å². The molecule has 0 radical (unpaired) electrons. The first-order chi connectivity index (χ1) is 7.13. The van der Waals surface area contributed by atoms with E-state index in [1.165, 1.54) is 0 Å². The molecule has 80 valence electrons. The van der Waals surface area contributed by atoms with Gasteiger partial charge in [-0.05, 0) is 23.6 Å². The molecule has 0 unspecified atom stereocenters. The lowest BCUT2D eigenvalue weighted by molar-refractivity contribution is 0.600. The topological polar surface area (TPSA) is 60.2 Å². The maximum absolute atomic E-state index is 11.6. The van der Waals surface area contributed by atoms with Crippen LogP contribution in [0.3, 0.4) is 0 Å². The first kappa shape index (κ1) is 10.4. The van der Waals surface area contributed by atoms with Crippen LogP contribution in [0.1, 0.15) is 11.1 Å². The van der Waals surface area contributed by atoms with E-state index in [4.69, 9.17) is 5.73 Å². The fourth-order valence-corrected chi connectivity index (χ4v) is 3.32. The van der Waals surface area contributed by atoms with Crippen LogP contribution in [0.15, 0.2) is 29.2 Å². The van der Waals surface area contributed by atoms with Gasteiger partial charge in [0, 0.05) is 6.54 Å². The van der Waals surface area contributed by atoms with Crippen LogP contribution < -0.4 is 5.73 Å². The van der Waals surface area contributed by atoms with Gasteiger partial charge in [-0.1, -0.05) is 24.3 Å². The molecule has 0 saturated heterocycles. The molecule has 0 fully saturated rings. The number of benzene rings is 1. The van der Waals surface area contributed by atoms with Gasteiger partial charge in [0.2, 0.25) is 0 Å². The van der Waals surface area contributed by atoms with Crippen LogP contribution in [0.25, 0.3) is 6.08 Å². The standard InChI is InChI=1S/C11H13NO2S/c12-6-1-2-9-3-4-10-5-7-15(13,14)11(10)8-9/h1-4,8H,5-7,12H2/b2-1+.